The Balaban J connectivity index is 2.14. The summed E-state index contributed by atoms with van der Waals surface area (Å²) in [7, 11) is 3.93. The van der Waals surface area contributed by atoms with Crippen molar-refractivity contribution in [2.75, 3.05) is 32.6 Å². The van der Waals surface area contributed by atoms with Gasteiger partial charge in [0.25, 0.3) is 0 Å². The molecule has 18 heavy (non-hydrogen) atoms. The SMILES string of the molecule is COc1c(C)ccc(NC2CCCN(C)C2)c1C. The summed E-state index contributed by atoms with van der Waals surface area (Å²) in [6.45, 7) is 6.55. The number of benzene rings is 1. The molecule has 1 aliphatic rings. The van der Waals surface area contributed by atoms with Gasteiger partial charge < -0.3 is 15.0 Å². The molecule has 0 aromatic heterocycles. The molecule has 0 aliphatic carbocycles. The molecule has 1 aromatic rings. The summed E-state index contributed by atoms with van der Waals surface area (Å²) in [5, 5.41) is 3.66. The summed E-state index contributed by atoms with van der Waals surface area (Å²) in [6, 6.07) is 4.84. The number of aryl methyl sites for hydroxylation is 1. The first-order valence-corrected chi connectivity index (χ1v) is 6.71. The van der Waals surface area contributed by atoms with Crippen LogP contribution >= 0.6 is 0 Å². The Bertz CT molecular complexity index is 417. The Morgan fingerprint density at radius 2 is 2.11 bits per heavy atom. The number of hydrogen-bond acceptors (Lipinski definition) is 3. The molecule has 1 aliphatic heterocycles. The fraction of sp³-hybridized carbons (Fsp3) is 0.600. The van der Waals surface area contributed by atoms with E-state index in [4.69, 9.17) is 4.74 Å². The number of likely N-dealkylation sites (tertiary alicyclic amines) is 1. The lowest BCUT2D eigenvalue weighted by molar-refractivity contribution is 0.261. The molecule has 0 spiro atoms. The van der Waals surface area contributed by atoms with Crippen LogP contribution in [0.15, 0.2) is 12.1 Å². The van der Waals surface area contributed by atoms with E-state index in [1.165, 1.54) is 36.2 Å². The Kier molecular flexibility index (Phi) is 4.12. The predicted molar refractivity (Wildman–Crippen MR) is 76.6 cm³/mol. The van der Waals surface area contributed by atoms with Crippen molar-refractivity contribution < 1.29 is 4.74 Å². The molecule has 1 N–H and O–H groups in total. The fourth-order valence-corrected chi connectivity index (χ4v) is 2.80. The zero-order valence-corrected chi connectivity index (χ0v) is 11.9. The van der Waals surface area contributed by atoms with Crippen LogP contribution in [-0.2, 0) is 0 Å². The number of nitrogens with zero attached hydrogens (tertiary/aromatic N) is 1. The Morgan fingerprint density at radius 3 is 2.78 bits per heavy atom. The molecule has 1 atom stereocenters. The molecule has 0 saturated carbocycles. The highest BCUT2D eigenvalue weighted by Crippen LogP contribution is 2.30. The van der Waals surface area contributed by atoms with Crippen LogP contribution in [0.3, 0.4) is 0 Å². The van der Waals surface area contributed by atoms with Crippen molar-refractivity contribution in [2.24, 2.45) is 0 Å². The van der Waals surface area contributed by atoms with Crippen molar-refractivity contribution in [3.05, 3.63) is 23.3 Å². The summed E-state index contributed by atoms with van der Waals surface area (Å²) in [5.41, 5.74) is 3.62. The molecule has 1 aromatic carbocycles. The summed E-state index contributed by atoms with van der Waals surface area (Å²) in [4.78, 5) is 2.39. The van der Waals surface area contributed by atoms with E-state index >= 15 is 0 Å². The molecular weight excluding hydrogens is 224 g/mol. The van der Waals surface area contributed by atoms with Gasteiger partial charge in [-0.2, -0.15) is 0 Å². The number of hydrogen-bond donors (Lipinski definition) is 1. The average Bonchev–Trinajstić information content (AvgIpc) is 2.34. The van der Waals surface area contributed by atoms with Crippen LogP contribution < -0.4 is 10.1 Å². The van der Waals surface area contributed by atoms with E-state index in [0.717, 1.165) is 12.3 Å². The third-order valence-electron chi connectivity index (χ3n) is 3.79. The molecule has 1 saturated heterocycles. The maximum Gasteiger partial charge on any atom is 0.126 e. The van der Waals surface area contributed by atoms with Crippen molar-refractivity contribution in [1.82, 2.24) is 4.90 Å². The second-order valence-electron chi connectivity index (χ2n) is 5.33. The third kappa shape index (κ3) is 2.78. The Labute approximate surface area is 110 Å². The van der Waals surface area contributed by atoms with E-state index < -0.39 is 0 Å². The van der Waals surface area contributed by atoms with Crippen molar-refractivity contribution in [3.8, 4) is 5.75 Å². The van der Waals surface area contributed by atoms with Crippen molar-refractivity contribution in [1.29, 1.82) is 0 Å². The van der Waals surface area contributed by atoms with Crippen LogP contribution in [0.5, 0.6) is 5.75 Å². The van der Waals surface area contributed by atoms with Gasteiger partial charge in [0.1, 0.15) is 5.75 Å². The Hall–Kier alpha value is -1.22. The molecule has 0 radical (unpaired) electrons. The monoisotopic (exact) mass is 248 g/mol. The molecule has 3 heteroatoms. The molecule has 1 heterocycles. The highest BCUT2D eigenvalue weighted by Gasteiger charge is 2.18. The first-order chi connectivity index (χ1) is 8.61. The summed E-state index contributed by atoms with van der Waals surface area (Å²) in [5.74, 6) is 1.00. The zero-order chi connectivity index (χ0) is 13.1. The van der Waals surface area contributed by atoms with Crippen LogP contribution in [0.4, 0.5) is 5.69 Å². The van der Waals surface area contributed by atoms with E-state index in [-0.39, 0.29) is 0 Å². The largest absolute Gasteiger partial charge is 0.496 e. The maximum atomic E-state index is 5.48. The number of anilines is 1. The standard InChI is InChI=1S/C15H24N2O/c1-11-7-8-14(12(2)15(11)18-4)16-13-6-5-9-17(3)10-13/h7-8,13,16H,5-6,9-10H2,1-4H3. The normalized spacial score (nSPS) is 20.8. The van der Waals surface area contributed by atoms with E-state index in [0.29, 0.717) is 6.04 Å². The molecular formula is C15H24N2O. The van der Waals surface area contributed by atoms with Crippen LogP contribution in [0.25, 0.3) is 0 Å². The van der Waals surface area contributed by atoms with Gasteiger partial charge >= 0.3 is 0 Å². The minimum atomic E-state index is 0.551. The molecule has 1 fully saturated rings. The lowest BCUT2D eigenvalue weighted by Gasteiger charge is -2.31. The fourth-order valence-electron chi connectivity index (χ4n) is 2.80. The van der Waals surface area contributed by atoms with Gasteiger partial charge in [-0.15, -0.1) is 0 Å². The minimum absolute atomic E-state index is 0.551. The number of ether oxygens (including phenoxy) is 1. The van der Waals surface area contributed by atoms with E-state index in [1.807, 2.05) is 0 Å². The van der Waals surface area contributed by atoms with Crippen LogP contribution in [0, 0.1) is 13.8 Å². The van der Waals surface area contributed by atoms with Crippen LogP contribution in [0.2, 0.25) is 0 Å². The number of piperidine rings is 1. The summed E-state index contributed by atoms with van der Waals surface area (Å²) >= 11 is 0. The maximum absolute atomic E-state index is 5.48. The van der Waals surface area contributed by atoms with Gasteiger partial charge in [0, 0.05) is 23.8 Å². The molecule has 0 amide bonds. The summed E-state index contributed by atoms with van der Waals surface area (Å²) < 4.78 is 5.48. The van der Waals surface area contributed by atoms with Gasteiger partial charge in [-0.05, 0) is 51.9 Å². The van der Waals surface area contributed by atoms with E-state index in [9.17, 15) is 0 Å². The third-order valence-corrected chi connectivity index (χ3v) is 3.79. The quantitative estimate of drug-likeness (QED) is 0.890. The molecule has 2 rings (SSSR count). The van der Waals surface area contributed by atoms with Crippen molar-refractivity contribution in [2.45, 2.75) is 32.7 Å². The highest BCUT2D eigenvalue weighted by atomic mass is 16.5. The lowest BCUT2D eigenvalue weighted by Crippen LogP contribution is -2.39. The number of nitrogens with one attached hydrogen (secondary N) is 1. The number of methoxy groups -OCH3 is 1. The Morgan fingerprint density at radius 1 is 1.33 bits per heavy atom. The average molecular weight is 248 g/mol. The van der Waals surface area contributed by atoms with Gasteiger partial charge in [-0.1, -0.05) is 6.07 Å². The van der Waals surface area contributed by atoms with Gasteiger partial charge in [-0.3, -0.25) is 0 Å². The van der Waals surface area contributed by atoms with Crippen LogP contribution in [-0.4, -0.2) is 38.2 Å². The molecule has 1 unspecified atom stereocenters. The lowest BCUT2D eigenvalue weighted by atomic mass is 10.0. The molecule has 100 valence electrons. The topological polar surface area (TPSA) is 24.5 Å². The summed E-state index contributed by atoms with van der Waals surface area (Å²) in [6.07, 6.45) is 2.52. The first-order valence-electron chi connectivity index (χ1n) is 6.71. The van der Waals surface area contributed by atoms with Gasteiger partial charge in [0.2, 0.25) is 0 Å². The first kappa shape index (κ1) is 13.2. The second kappa shape index (κ2) is 5.61. The smallest absolute Gasteiger partial charge is 0.126 e. The molecule has 0 bridgehead atoms. The highest BCUT2D eigenvalue weighted by molar-refractivity contribution is 5.60. The van der Waals surface area contributed by atoms with Gasteiger partial charge in [0.05, 0.1) is 7.11 Å². The minimum Gasteiger partial charge on any atom is -0.496 e. The van der Waals surface area contributed by atoms with Crippen molar-refractivity contribution >= 4 is 5.69 Å². The van der Waals surface area contributed by atoms with E-state index in [2.05, 4.69) is 43.2 Å². The van der Waals surface area contributed by atoms with Gasteiger partial charge in [0.15, 0.2) is 0 Å². The van der Waals surface area contributed by atoms with E-state index in [1.54, 1.807) is 7.11 Å². The number of rotatable bonds is 3. The number of likely N-dealkylation sites (N-methyl/N-ethyl adjacent to an activating group) is 1. The van der Waals surface area contributed by atoms with Crippen LogP contribution in [0.1, 0.15) is 24.0 Å². The van der Waals surface area contributed by atoms with Gasteiger partial charge in [-0.25, -0.2) is 0 Å². The second-order valence-corrected chi connectivity index (χ2v) is 5.33. The zero-order valence-electron chi connectivity index (χ0n) is 11.9. The predicted octanol–water partition coefficient (Wildman–Crippen LogP) is 2.82. The molecule has 3 nitrogen and oxygen atoms in total. The van der Waals surface area contributed by atoms with Crippen molar-refractivity contribution in [3.63, 3.8) is 0 Å².